The van der Waals surface area contributed by atoms with Crippen molar-refractivity contribution < 1.29 is 9.84 Å². The van der Waals surface area contributed by atoms with Crippen LogP contribution >= 0.6 is 11.6 Å². The maximum Gasteiger partial charge on any atom is 0.205 e. The first-order valence-corrected chi connectivity index (χ1v) is 6.64. The number of allylic oxidation sites excluding steroid dienone is 1. The quantitative estimate of drug-likeness (QED) is 0.847. The van der Waals surface area contributed by atoms with Gasteiger partial charge in [0.15, 0.2) is 0 Å². The van der Waals surface area contributed by atoms with E-state index >= 15 is 0 Å². The SMILES string of the molecule is N#CC1=C(N)Oc2cc(O)ccc2C1c1cccc(Cl)c1. The Bertz CT molecular complexity index is 793. The first kappa shape index (κ1) is 13.3. The molecule has 3 N–H and O–H groups in total. The maximum atomic E-state index is 9.58. The summed E-state index contributed by atoms with van der Waals surface area (Å²) in [6.45, 7) is 0. The predicted octanol–water partition coefficient (Wildman–Crippen LogP) is 3.26. The lowest BCUT2D eigenvalue weighted by molar-refractivity contribution is 0.388. The monoisotopic (exact) mass is 298 g/mol. The molecule has 0 saturated carbocycles. The Balaban J connectivity index is 2.24. The highest BCUT2D eigenvalue weighted by molar-refractivity contribution is 6.30. The molecule has 1 heterocycles. The van der Waals surface area contributed by atoms with Gasteiger partial charge in [0.25, 0.3) is 0 Å². The zero-order chi connectivity index (χ0) is 15.0. The normalized spacial score (nSPS) is 16.9. The number of ether oxygens (including phenoxy) is 1. The van der Waals surface area contributed by atoms with Gasteiger partial charge in [-0.25, -0.2) is 0 Å². The molecule has 1 aliphatic rings. The van der Waals surface area contributed by atoms with Gasteiger partial charge >= 0.3 is 0 Å². The van der Waals surface area contributed by atoms with Crippen molar-refractivity contribution in [3.8, 4) is 17.6 Å². The van der Waals surface area contributed by atoms with Gasteiger partial charge in [0.2, 0.25) is 5.88 Å². The van der Waals surface area contributed by atoms with Crippen LogP contribution in [0.2, 0.25) is 5.02 Å². The lowest BCUT2D eigenvalue weighted by atomic mass is 9.83. The number of benzene rings is 2. The molecule has 2 aromatic rings. The zero-order valence-electron chi connectivity index (χ0n) is 10.9. The summed E-state index contributed by atoms with van der Waals surface area (Å²) in [5, 5.41) is 19.5. The highest BCUT2D eigenvalue weighted by Crippen LogP contribution is 2.43. The molecular formula is C16H11ClN2O2. The van der Waals surface area contributed by atoms with Crippen LogP contribution in [0.25, 0.3) is 0 Å². The lowest BCUT2D eigenvalue weighted by Gasteiger charge is -2.26. The molecule has 0 spiro atoms. The number of nitriles is 1. The molecule has 5 heteroatoms. The third kappa shape index (κ3) is 2.28. The summed E-state index contributed by atoms with van der Waals surface area (Å²) in [5.74, 6) is 0.196. The van der Waals surface area contributed by atoms with Crippen molar-refractivity contribution in [2.75, 3.05) is 0 Å². The summed E-state index contributed by atoms with van der Waals surface area (Å²) in [6, 6.07) is 14.1. The van der Waals surface area contributed by atoms with Crippen molar-refractivity contribution in [3.63, 3.8) is 0 Å². The summed E-state index contributed by atoms with van der Waals surface area (Å²) in [5.41, 5.74) is 7.78. The smallest absolute Gasteiger partial charge is 0.205 e. The van der Waals surface area contributed by atoms with Crippen LogP contribution in [0.3, 0.4) is 0 Å². The van der Waals surface area contributed by atoms with Gasteiger partial charge in [0.05, 0.1) is 5.92 Å². The Morgan fingerprint density at radius 2 is 2.05 bits per heavy atom. The maximum absolute atomic E-state index is 9.58. The van der Waals surface area contributed by atoms with Crippen LogP contribution < -0.4 is 10.5 Å². The first-order valence-electron chi connectivity index (χ1n) is 6.26. The van der Waals surface area contributed by atoms with Gasteiger partial charge in [-0.1, -0.05) is 29.8 Å². The molecule has 0 fully saturated rings. The van der Waals surface area contributed by atoms with E-state index in [1.54, 1.807) is 24.3 Å². The Labute approximate surface area is 126 Å². The number of phenols is 1. The first-order chi connectivity index (χ1) is 10.1. The van der Waals surface area contributed by atoms with Gasteiger partial charge in [-0.2, -0.15) is 5.26 Å². The number of halogens is 1. The van der Waals surface area contributed by atoms with E-state index in [9.17, 15) is 10.4 Å². The number of phenolic OH excluding ortho intramolecular Hbond substituents is 1. The minimum Gasteiger partial charge on any atom is -0.508 e. The van der Waals surface area contributed by atoms with Crippen LogP contribution in [-0.4, -0.2) is 5.11 Å². The standard InChI is InChI=1S/C16H11ClN2O2/c17-10-3-1-2-9(6-10)15-12-5-4-11(20)7-14(12)21-16(19)13(15)8-18/h1-7,15,20H,19H2. The van der Waals surface area contributed by atoms with Crippen LogP contribution in [-0.2, 0) is 0 Å². The highest BCUT2D eigenvalue weighted by Gasteiger charge is 2.30. The van der Waals surface area contributed by atoms with Crippen molar-refractivity contribution in [2.45, 2.75) is 5.92 Å². The van der Waals surface area contributed by atoms with E-state index in [-0.39, 0.29) is 17.6 Å². The zero-order valence-corrected chi connectivity index (χ0v) is 11.6. The number of rotatable bonds is 1. The summed E-state index contributed by atoms with van der Waals surface area (Å²) in [7, 11) is 0. The molecule has 0 radical (unpaired) electrons. The Kier molecular flexibility index (Phi) is 3.20. The van der Waals surface area contributed by atoms with E-state index < -0.39 is 0 Å². The Hall–Kier alpha value is -2.64. The lowest BCUT2D eigenvalue weighted by Crippen LogP contribution is -2.20. The van der Waals surface area contributed by atoms with E-state index in [4.69, 9.17) is 22.1 Å². The van der Waals surface area contributed by atoms with Crippen LogP contribution in [0.1, 0.15) is 17.0 Å². The van der Waals surface area contributed by atoms with E-state index in [0.29, 0.717) is 16.3 Å². The molecule has 2 aromatic carbocycles. The highest BCUT2D eigenvalue weighted by atomic mass is 35.5. The number of hydrogen-bond acceptors (Lipinski definition) is 4. The van der Waals surface area contributed by atoms with Gasteiger partial charge in [-0.05, 0) is 23.8 Å². The van der Waals surface area contributed by atoms with Crippen molar-refractivity contribution in [1.29, 1.82) is 5.26 Å². The number of aromatic hydroxyl groups is 1. The molecule has 1 unspecified atom stereocenters. The predicted molar refractivity (Wildman–Crippen MR) is 78.9 cm³/mol. The fourth-order valence-electron chi connectivity index (χ4n) is 2.47. The minimum absolute atomic E-state index is 0.0422. The number of hydrogen-bond donors (Lipinski definition) is 2. The van der Waals surface area contributed by atoms with E-state index in [2.05, 4.69) is 6.07 Å². The van der Waals surface area contributed by atoms with E-state index in [1.165, 1.54) is 6.07 Å². The van der Waals surface area contributed by atoms with Crippen molar-refractivity contribution in [3.05, 3.63) is 70.1 Å². The molecule has 0 amide bonds. The second-order valence-electron chi connectivity index (χ2n) is 4.70. The van der Waals surface area contributed by atoms with Crippen molar-refractivity contribution in [2.24, 2.45) is 5.73 Å². The molecular weight excluding hydrogens is 288 g/mol. The second-order valence-corrected chi connectivity index (χ2v) is 5.14. The molecule has 0 aliphatic carbocycles. The number of nitrogens with zero attached hydrogens (tertiary/aromatic N) is 1. The fourth-order valence-corrected chi connectivity index (χ4v) is 2.67. The van der Waals surface area contributed by atoms with Gasteiger partial charge in [-0.3, -0.25) is 0 Å². The number of fused-ring (bicyclic) bond motifs is 1. The van der Waals surface area contributed by atoms with Gasteiger partial charge in [0, 0.05) is 16.7 Å². The van der Waals surface area contributed by atoms with Crippen molar-refractivity contribution in [1.82, 2.24) is 0 Å². The second kappa shape index (κ2) is 5.04. The summed E-state index contributed by atoms with van der Waals surface area (Å²) >= 11 is 6.04. The van der Waals surface area contributed by atoms with Crippen LogP contribution in [0, 0.1) is 11.3 Å². The fraction of sp³-hybridized carbons (Fsp3) is 0.0625. The molecule has 4 nitrogen and oxygen atoms in total. The molecule has 1 atom stereocenters. The van der Waals surface area contributed by atoms with Gasteiger partial charge in [-0.15, -0.1) is 0 Å². The van der Waals surface area contributed by atoms with Gasteiger partial charge in [0.1, 0.15) is 23.1 Å². The van der Waals surface area contributed by atoms with E-state index in [1.807, 2.05) is 12.1 Å². The number of nitrogens with two attached hydrogens (primary N) is 1. The molecule has 104 valence electrons. The average molecular weight is 299 g/mol. The van der Waals surface area contributed by atoms with Gasteiger partial charge < -0.3 is 15.6 Å². The minimum atomic E-state index is -0.363. The molecule has 3 rings (SSSR count). The Morgan fingerprint density at radius 1 is 1.24 bits per heavy atom. The molecule has 0 saturated heterocycles. The third-order valence-corrected chi connectivity index (χ3v) is 3.62. The largest absolute Gasteiger partial charge is 0.508 e. The van der Waals surface area contributed by atoms with Crippen LogP contribution in [0.5, 0.6) is 11.5 Å². The molecule has 0 aromatic heterocycles. The summed E-state index contributed by atoms with van der Waals surface area (Å²) in [4.78, 5) is 0. The molecule has 1 aliphatic heterocycles. The Morgan fingerprint density at radius 3 is 2.76 bits per heavy atom. The summed E-state index contributed by atoms with van der Waals surface area (Å²) in [6.07, 6.45) is 0. The molecule has 21 heavy (non-hydrogen) atoms. The van der Waals surface area contributed by atoms with Crippen molar-refractivity contribution >= 4 is 11.6 Å². The average Bonchev–Trinajstić information content (AvgIpc) is 2.45. The molecule has 0 bridgehead atoms. The van der Waals surface area contributed by atoms with Crippen LogP contribution in [0.15, 0.2) is 53.9 Å². The van der Waals surface area contributed by atoms with Crippen LogP contribution in [0.4, 0.5) is 0 Å². The summed E-state index contributed by atoms with van der Waals surface area (Å²) < 4.78 is 5.44. The third-order valence-electron chi connectivity index (χ3n) is 3.38. The van der Waals surface area contributed by atoms with E-state index in [0.717, 1.165) is 11.1 Å². The topological polar surface area (TPSA) is 79.3 Å².